The number of ether oxygens (including phenoxy) is 2. The van der Waals surface area contributed by atoms with Gasteiger partial charge in [0.1, 0.15) is 11.5 Å². The molecule has 0 atom stereocenters. The Balaban J connectivity index is 1.86. The first-order valence-corrected chi connectivity index (χ1v) is 11.8. The maximum atomic E-state index is 13.5. The van der Waals surface area contributed by atoms with E-state index in [-0.39, 0.29) is 24.7 Å². The summed E-state index contributed by atoms with van der Waals surface area (Å²) < 4.78 is 40.4. The first-order valence-electron chi connectivity index (χ1n) is 10.4. The zero-order chi connectivity index (χ0) is 23.0. The smallest absolute Gasteiger partial charge is 0.262 e. The maximum Gasteiger partial charge on any atom is 0.262 e. The molecule has 0 bridgehead atoms. The van der Waals surface area contributed by atoms with Crippen molar-refractivity contribution >= 4 is 10.0 Å². The second kappa shape index (κ2) is 11.1. The van der Waals surface area contributed by atoms with Gasteiger partial charge in [0.25, 0.3) is 10.0 Å². The van der Waals surface area contributed by atoms with Crippen molar-refractivity contribution in [1.29, 1.82) is 0 Å². The number of aliphatic hydroxyl groups excluding tert-OH is 1. The van der Waals surface area contributed by atoms with E-state index in [0.29, 0.717) is 24.5 Å². The molecule has 9 heteroatoms. The van der Waals surface area contributed by atoms with Crippen molar-refractivity contribution in [2.45, 2.75) is 37.5 Å². The van der Waals surface area contributed by atoms with Crippen LogP contribution in [0.1, 0.15) is 24.0 Å². The van der Waals surface area contributed by atoms with Crippen LogP contribution in [-0.4, -0.2) is 48.4 Å². The lowest BCUT2D eigenvalue weighted by Crippen LogP contribution is -2.30. The summed E-state index contributed by atoms with van der Waals surface area (Å²) in [4.78, 5) is 0. The molecule has 0 amide bonds. The average Bonchev–Trinajstić information content (AvgIpc) is 3.30. The van der Waals surface area contributed by atoms with Crippen molar-refractivity contribution in [3.8, 4) is 11.5 Å². The molecule has 0 radical (unpaired) electrons. The summed E-state index contributed by atoms with van der Waals surface area (Å²) in [5, 5.41) is 13.2. The van der Waals surface area contributed by atoms with Crippen LogP contribution in [0.4, 0.5) is 0 Å². The zero-order valence-electron chi connectivity index (χ0n) is 18.3. The van der Waals surface area contributed by atoms with Gasteiger partial charge in [-0.2, -0.15) is 9.40 Å². The van der Waals surface area contributed by atoms with E-state index in [9.17, 15) is 8.42 Å². The van der Waals surface area contributed by atoms with Gasteiger partial charge in [0.05, 0.1) is 14.2 Å². The molecule has 0 spiro atoms. The van der Waals surface area contributed by atoms with Gasteiger partial charge in [0.15, 0.2) is 5.03 Å². The minimum atomic E-state index is -3.85. The van der Waals surface area contributed by atoms with E-state index in [0.717, 1.165) is 17.5 Å². The van der Waals surface area contributed by atoms with E-state index in [4.69, 9.17) is 14.6 Å². The van der Waals surface area contributed by atoms with Gasteiger partial charge in [0.2, 0.25) is 0 Å². The van der Waals surface area contributed by atoms with Crippen LogP contribution in [0, 0.1) is 0 Å². The van der Waals surface area contributed by atoms with Gasteiger partial charge in [-0.15, -0.1) is 0 Å². The molecule has 1 aromatic heterocycles. The molecule has 0 aliphatic rings. The highest BCUT2D eigenvalue weighted by molar-refractivity contribution is 7.89. The van der Waals surface area contributed by atoms with Crippen LogP contribution in [0.25, 0.3) is 0 Å². The minimum Gasteiger partial charge on any atom is -0.497 e. The molecule has 0 fully saturated rings. The molecule has 3 aromatic rings. The summed E-state index contributed by atoms with van der Waals surface area (Å²) >= 11 is 0. The standard InChI is InChI=1S/C23H29N3O5S/c1-30-21-9-5-19(6-10-21)17-26(18-20-7-11-22(31-2)12-8-20)32(28,29)23-13-15-25(24-23)14-3-4-16-27/h5-13,15,27H,3-4,14,16-18H2,1-2H3. The molecule has 0 aliphatic carbocycles. The lowest BCUT2D eigenvalue weighted by Gasteiger charge is -2.21. The normalized spacial score (nSPS) is 11.6. The molecule has 1 N–H and O–H groups in total. The molecular formula is C23H29N3O5S. The Hall–Kier alpha value is -2.88. The van der Waals surface area contributed by atoms with E-state index in [1.165, 1.54) is 10.4 Å². The van der Waals surface area contributed by atoms with Crippen LogP contribution in [0.2, 0.25) is 0 Å². The molecule has 3 rings (SSSR count). The quantitative estimate of drug-likeness (QED) is 0.419. The Morgan fingerprint density at radius 3 is 1.88 bits per heavy atom. The van der Waals surface area contributed by atoms with Crippen LogP contribution in [-0.2, 0) is 29.7 Å². The number of hydrogen-bond acceptors (Lipinski definition) is 6. The summed E-state index contributed by atoms with van der Waals surface area (Å²) in [6.45, 7) is 1.03. The van der Waals surface area contributed by atoms with Crippen LogP contribution < -0.4 is 9.47 Å². The summed E-state index contributed by atoms with van der Waals surface area (Å²) in [6.07, 6.45) is 3.02. The Bertz CT molecular complexity index is 1030. The number of aromatic nitrogens is 2. The number of nitrogens with zero attached hydrogens (tertiary/aromatic N) is 3. The molecule has 1 heterocycles. The van der Waals surface area contributed by atoms with Crippen molar-refractivity contribution in [1.82, 2.24) is 14.1 Å². The van der Waals surface area contributed by atoms with Crippen LogP contribution in [0.15, 0.2) is 65.8 Å². The van der Waals surface area contributed by atoms with E-state index in [2.05, 4.69) is 5.10 Å². The first kappa shape index (κ1) is 23.8. The SMILES string of the molecule is COc1ccc(CN(Cc2ccc(OC)cc2)S(=O)(=O)c2ccn(CCCCO)n2)cc1. The fourth-order valence-electron chi connectivity index (χ4n) is 3.22. The van der Waals surface area contributed by atoms with Gasteiger partial charge in [-0.1, -0.05) is 24.3 Å². The summed E-state index contributed by atoms with van der Waals surface area (Å²) in [5.41, 5.74) is 1.68. The molecule has 8 nitrogen and oxygen atoms in total. The number of methoxy groups -OCH3 is 2. The number of rotatable bonds is 12. The van der Waals surface area contributed by atoms with E-state index < -0.39 is 10.0 Å². The number of aryl methyl sites for hydroxylation is 1. The molecule has 0 saturated heterocycles. The zero-order valence-corrected chi connectivity index (χ0v) is 19.2. The van der Waals surface area contributed by atoms with Crippen molar-refractivity contribution in [2.75, 3.05) is 20.8 Å². The lowest BCUT2D eigenvalue weighted by atomic mass is 10.2. The van der Waals surface area contributed by atoms with Crippen LogP contribution in [0.5, 0.6) is 11.5 Å². The molecule has 0 aliphatic heterocycles. The highest BCUT2D eigenvalue weighted by Crippen LogP contribution is 2.22. The number of unbranched alkanes of at least 4 members (excludes halogenated alkanes) is 1. The van der Waals surface area contributed by atoms with E-state index in [1.807, 2.05) is 48.5 Å². The molecule has 0 saturated carbocycles. The van der Waals surface area contributed by atoms with Gasteiger partial charge >= 0.3 is 0 Å². The van der Waals surface area contributed by atoms with E-state index in [1.54, 1.807) is 25.1 Å². The maximum absolute atomic E-state index is 13.5. The molecule has 0 unspecified atom stereocenters. The second-order valence-corrected chi connectivity index (χ2v) is 9.20. The van der Waals surface area contributed by atoms with Crippen molar-refractivity contribution in [2.24, 2.45) is 0 Å². The summed E-state index contributed by atoms with van der Waals surface area (Å²) in [6, 6.07) is 16.2. The number of aliphatic hydroxyl groups is 1. The number of sulfonamides is 1. The number of benzene rings is 2. The topological polar surface area (TPSA) is 93.9 Å². The summed E-state index contributed by atoms with van der Waals surface area (Å²) in [7, 11) is -0.670. The van der Waals surface area contributed by atoms with Gasteiger partial charge in [-0.05, 0) is 54.3 Å². The van der Waals surface area contributed by atoms with Crippen molar-refractivity contribution in [3.63, 3.8) is 0 Å². The minimum absolute atomic E-state index is 0.00326. The van der Waals surface area contributed by atoms with Gasteiger partial charge in [-0.25, -0.2) is 8.42 Å². The predicted octanol–water partition coefficient (Wildman–Crippen LogP) is 3.06. The van der Waals surface area contributed by atoms with E-state index >= 15 is 0 Å². The van der Waals surface area contributed by atoms with Crippen LogP contribution >= 0.6 is 0 Å². The van der Waals surface area contributed by atoms with Crippen LogP contribution in [0.3, 0.4) is 0 Å². The largest absolute Gasteiger partial charge is 0.497 e. The van der Waals surface area contributed by atoms with Crippen molar-refractivity contribution in [3.05, 3.63) is 71.9 Å². The third-order valence-corrected chi connectivity index (χ3v) is 6.74. The molecule has 2 aromatic carbocycles. The third-order valence-electron chi connectivity index (χ3n) is 5.05. The third kappa shape index (κ3) is 6.09. The molecule has 172 valence electrons. The molecular weight excluding hydrogens is 430 g/mol. The Kier molecular flexibility index (Phi) is 8.26. The Morgan fingerprint density at radius 2 is 1.41 bits per heavy atom. The highest BCUT2D eigenvalue weighted by atomic mass is 32.2. The highest BCUT2D eigenvalue weighted by Gasteiger charge is 2.27. The van der Waals surface area contributed by atoms with Gasteiger partial charge in [-0.3, -0.25) is 4.68 Å². The van der Waals surface area contributed by atoms with Crippen molar-refractivity contribution < 1.29 is 23.0 Å². The Labute approximate surface area is 189 Å². The van der Waals surface area contributed by atoms with Gasteiger partial charge in [0, 0.05) is 32.4 Å². The van der Waals surface area contributed by atoms with Gasteiger partial charge < -0.3 is 14.6 Å². The average molecular weight is 460 g/mol. The molecule has 32 heavy (non-hydrogen) atoms. The second-order valence-electron chi connectivity index (χ2n) is 7.32. The predicted molar refractivity (Wildman–Crippen MR) is 121 cm³/mol. The number of hydrogen-bond donors (Lipinski definition) is 1. The fraction of sp³-hybridized carbons (Fsp3) is 0.348. The fourth-order valence-corrected chi connectivity index (χ4v) is 4.56. The Morgan fingerprint density at radius 1 is 0.875 bits per heavy atom. The first-order chi connectivity index (χ1) is 15.5. The monoisotopic (exact) mass is 459 g/mol. The summed E-state index contributed by atoms with van der Waals surface area (Å²) in [5.74, 6) is 1.42. The lowest BCUT2D eigenvalue weighted by molar-refractivity contribution is 0.280.